The number of hydrogen-bond acceptors (Lipinski definition) is 4. The zero-order chi connectivity index (χ0) is 24.8. The maximum atomic E-state index is 13.1. The van der Waals surface area contributed by atoms with Gasteiger partial charge in [-0.25, -0.2) is 8.42 Å². The van der Waals surface area contributed by atoms with Crippen LogP contribution in [0, 0.1) is 5.92 Å². The Kier molecular flexibility index (Phi) is 8.37. The van der Waals surface area contributed by atoms with E-state index in [1.807, 2.05) is 13.0 Å². The van der Waals surface area contributed by atoms with Gasteiger partial charge in [0.25, 0.3) is 0 Å². The van der Waals surface area contributed by atoms with Crippen LogP contribution >= 0.6 is 0 Å². The summed E-state index contributed by atoms with van der Waals surface area (Å²) in [7, 11) is -3.65. The van der Waals surface area contributed by atoms with Crippen LogP contribution in [0.2, 0.25) is 0 Å². The Morgan fingerprint density at radius 2 is 1.82 bits per heavy atom. The lowest BCUT2D eigenvalue weighted by Gasteiger charge is -2.29. The molecule has 0 aromatic heterocycles. The first-order valence-corrected chi connectivity index (χ1v) is 12.5. The zero-order valence-electron chi connectivity index (χ0n) is 18.7. The van der Waals surface area contributed by atoms with E-state index in [1.54, 1.807) is 24.3 Å². The molecular formula is C24H27F3N2O4S. The van der Waals surface area contributed by atoms with Gasteiger partial charge in [-0.3, -0.25) is 4.79 Å². The lowest BCUT2D eigenvalue weighted by atomic mass is 9.97. The molecule has 6 nitrogen and oxygen atoms in total. The van der Waals surface area contributed by atoms with E-state index in [0.29, 0.717) is 13.0 Å². The summed E-state index contributed by atoms with van der Waals surface area (Å²) in [5, 5.41) is 3.70. The second kappa shape index (κ2) is 11.1. The van der Waals surface area contributed by atoms with Crippen LogP contribution in [0.4, 0.5) is 18.9 Å². The quantitative estimate of drug-likeness (QED) is 0.549. The molecule has 1 N–H and O–H groups in total. The monoisotopic (exact) mass is 496 g/mol. The molecule has 0 unspecified atom stereocenters. The summed E-state index contributed by atoms with van der Waals surface area (Å²) in [6.45, 7) is 2.43. The number of nitrogens with one attached hydrogen (secondary N) is 1. The fraction of sp³-hybridized carbons (Fsp3) is 0.375. The summed E-state index contributed by atoms with van der Waals surface area (Å²) in [6, 6.07) is 12.0. The number of ether oxygens (including phenoxy) is 1. The Balaban J connectivity index is 1.65. The zero-order valence-corrected chi connectivity index (χ0v) is 19.5. The van der Waals surface area contributed by atoms with Crippen LogP contribution in [0.15, 0.2) is 53.9 Å². The summed E-state index contributed by atoms with van der Waals surface area (Å²) in [4.78, 5) is 12.8. The fourth-order valence-electron chi connectivity index (χ4n) is 3.56. The van der Waals surface area contributed by atoms with Gasteiger partial charge in [0, 0.05) is 24.4 Å². The van der Waals surface area contributed by atoms with Crippen LogP contribution in [0.1, 0.15) is 37.3 Å². The molecule has 1 heterocycles. The molecular weight excluding hydrogens is 469 g/mol. The molecule has 0 radical (unpaired) electrons. The Morgan fingerprint density at radius 3 is 2.44 bits per heavy atom. The van der Waals surface area contributed by atoms with Crippen molar-refractivity contribution in [3.63, 3.8) is 0 Å². The minimum atomic E-state index is -4.56. The highest BCUT2D eigenvalue weighted by Gasteiger charge is 2.33. The number of hydrogen-bond donors (Lipinski definition) is 1. The molecule has 0 atom stereocenters. The predicted molar refractivity (Wildman–Crippen MR) is 125 cm³/mol. The molecule has 0 bridgehead atoms. The highest BCUT2D eigenvalue weighted by molar-refractivity contribution is 7.92. The minimum absolute atomic E-state index is 0.0471. The van der Waals surface area contributed by atoms with Gasteiger partial charge in [-0.2, -0.15) is 17.5 Å². The van der Waals surface area contributed by atoms with E-state index in [0.717, 1.165) is 23.1 Å². The number of benzene rings is 2. The largest absolute Gasteiger partial charge is 0.491 e. The van der Waals surface area contributed by atoms with Gasteiger partial charge >= 0.3 is 6.18 Å². The number of anilines is 1. The molecule has 1 aliphatic heterocycles. The Bertz CT molecular complexity index is 1110. The molecule has 1 amide bonds. The van der Waals surface area contributed by atoms with Crippen LogP contribution in [-0.2, 0) is 21.0 Å². The van der Waals surface area contributed by atoms with Crippen LogP contribution in [0.3, 0.4) is 0 Å². The van der Waals surface area contributed by atoms with Gasteiger partial charge in [0.2, 0.25) is 15.9 Å². The van der Waals surface area contributed by atoms with E-state index >= 15 is 0 Å². The third-order valence-corrected chi connectivity index (χ3v) is 7.01. The smallest absolute Gasteiger partial charge is 0.416 e. The normalized spacial score (nSPS) is 16.0. The summed E-state index contributed by atoms with van der Waals surface area (Å²) < 4.78 is 71.5. The van der Waals surface area contributed by atoms with E-state index in [1.165, 1.54) is 16.4 Å². The van der Waals surface area contributed by atoms with Crippen LogP contribution in [0.25, 0.3) is 6.08 Å². The first kappa shape index (κ1) is 25.8. The highest BCUT2D eigenvalue weighted by atomic mass is 32.2. The molecule has 2 aromatic rings. The number of rotatable bonds is 8. The SMILES string of the molecule is CCCOc1ccc(C(F)(F)F)cc1NC(=O)C1CCN(S(=O)(=O)C=Cc2ccccc2)CC1. The average molecular weight is 497 g/mol. The van der Waals surface area contributed by atoms with Gasteiger partial charge in [-0.1, -0.05) is 37.3 Å². The van der Waals surface area contributed by atoms with Gasteiger partial charge in [0.05, 0.1) is 17.9 Å². The van der Waals surface area contributed by atoms with Crippen LogP contribution < -0.4 is 10.1 Å². The lowest BCUT2D eigenvalue weighted by Crippen LogP contribution is -2.40. The number of amides is 1. The number of carbonyl (C=O) groups excluding carboxylic acids is 1. The lowest BCUT2D eigenvalue weighted by molar-refractivity contribution is -0.137. The number of piperidine rings is 1. The van der Waals surface area contributed by atoms with Gasteiger partial charge in [0.1, 0.15) is 5.75 Å². The summed E-state index contributed by atoms with van der Waals surface area (Å²) in [5.74, 6) is -0.829. The maximum Gasteiger partial charge on any atom is 0.416 e. The van der Waals surface area contributed by atoms with Gasteiger partial charge in [-0.15, -0.1) is 0 Å². The van der Waals surface area contributed by atoms with Gasteiger partial charge in [-0.05, 0) is 49.1 Å². The molecule has 0 saturated carbocycles. The molecule has 1 saturated heterocycles. The Labute approximate surface area is 197 Å². The summed E-state index contributed by atoms with van der Waals surface area (Å²) in [6.07, 6.45) is -1.88. The first-order chi connectivity index (χ1) is 16.1. The van der Waals surface area contributed by atoms with Crippen LogP contribution in [0.5, 0.6) is 5.75 Å². The van der Waals surface area contributed by atoms with Crippen molar-refractivity contribution < 1.29 is 31.1 Å². The second-order valence-electron chi connectivity index (χ2n) is 7.98. The van der Waals surface area contributed by atoms with E-state index < -0.39 is 33.6 Å². The average Bonchev–Trinajstić information content (AvgIpc) is 2.82. The predicted octanol–water partition coefficient (Wildman–Crippen LogP) is 5.15. The van der Waals surface area contributed by atoms with Crippen molar-refractivity contribution in [3.05, 3.63) is 65.1 Å². The fourth-order valence-corrected chi connectivity index (χ4v) is 4.78. The molecule has 3 rings (SSSR count). The maximum absolute atomic E-state index is 13.1. The molecule has 0 spiro atoms. The van der Waals surface area contributed by atoms with Crippen molar-refractivity contribution in [1.82, 2.24) is 4.31 Å². The molecule has 1 aliphatic rings. The van der Waals surface area contributed by atoms with E-state index in [9.17, 15) is 26.4 Å². The number of nitrogens with zero attached hydrogens (tertiary/aromatic N) is 1. The molecule has 184 valence electrons. The molecule has 34 heavy (non-hydrogen) atoms. The summed E-state index contributed by atoms with van der Waals surface area (Å²) in [5.41, 5.74) is -0.186. The second-order valence-corrected chi connectivity index (χ2v) is 9.80. The van der Waals surface area contributed by atoms with Crippen LogP contribution in [-0.4, -0.2) is 38.3 Å². The van der Waals surface area contributed by atoms with Gasteiger partial charge < -0.3 is 10.1 Å². The van der Waals surface area contributed by atoms with E-state index in [4.69, 9.17) is 4.74 Å². The van der Waals surface area contributed by atoms with E-state index in [2.05, 4.69) is 5.32 Å². The van der Waals surface area contributed by atoms with Gasteiger partial charge in [0.15, 0.2) is 0 Å². The van der Waals surface area contributed by atoms with Crippen molar-refractivity contribution in [2.45, 2.75) is 32.4 Å². The number of alkyl halides is 3. The number of halogens is 3. The molecule has 0 aliphatic carbocycles. The van der Waals surface area contributed by atoms with E-state index in [-0.39, 0.29) is 37.4 Å². The van der Waals surface area contributed by atoms with Crippen molar-refractivity contribution in [3.8, 4) is 5.75 Å². The van der Waals surface area contributed by atoms with Crippen molar-refractivity contribution in [2.75, 3.05) is 25.0 Å². The standard InChI is InChI=1S/C24H27F3N2O4S/c1-2-15-33-22-9-8-20(24(25,26)27)17-21(22)28-23(30)19-10-13-29(14-11-19)34(31,32)16-12-18-6-4-3-5-7-18/h3-9,12,16-17,19H,2,10-11,13-15H2,1H3,(H,28,30). The number of carbonyl (C=O) groups is 1. The molecule has 10 heteroatoms. The van der Waals surface area contributed by atoms with Crippen molar-refractivity contribution >= 4 is 27.7 Å². The Hall–Kier alpha value is -2.85. The molecule has 1 fully saturated rings. The Morgan fingerprint density at radius 1 is 1.15 bits per heavy atom. The number of sulfonamides is 1. The summed E-state index contributed by atoms with van der Waals surface area (Å²) >= 11 is 0. The minimum Gasteiger partial charge on any atom is -0.491 e. The molecule has 2 aromatic carbocycles. The first-order valence-electron chi connectivity index (χ1n) is 11.0. The third kappa shape index (κ3) is 6.83. The topological polar surface area (TPSA) is 75.7 Å². The third-order valence-electron chi connectivity index (χ3n) is 5.44. The van der Waals surface area contributed by atoms with Crippen molar-refractivity contribution in [1.29, 1.82) is 0 Å². The van der Waals surface area contributed by atoms with Crippen molar-refractivity contribution in [2.24, 2.45) is 5.92 Å². The highest BCUT2D eigenvalue weighted by Crippen LogP contribution is 2.35.